The Morgan fingerprint density at radius 1 is 1.17 bits per heavy atom. The largest absolute Gasteiger partial charge is 0.573 e. The first-order chi connectivity index (χ1) is 11.2. The Morgan fingerprint density at radius 3 is 2.54 bits per heavy atom. The van der Waals surface area contributed by atoms with Gasteiger partial charge in [0.05, 0.1) is 10.2 Å². The van der Waals surface area contributed by atoms with Crippen molar-refractivity contribution in [1.29, 1.82) is 0 Å². The summed E-state index contributed by atoms with van der Waals surface area (Å²) >= 11 is 9.01. The predicted molar refractivity (Wildman–Crippen MR) is 86.4 cm³/mol. The number of ether oxygens (including phenoxy) is 2. The van der Waals surface area contributed by atoms with E-state index >= 15 is 0 Å². The van der Waals surface area contributed by atoms with Crippen molar-refractivity contribution in [2.75, 3.05) is 11.9 Å². The fraction of sp³-hybridized carbons (Fsp3) is 0.133. The quantitative estimate of drug-likeness (QED) is 0.733. The smallest absolute Gasteiger partial charge is 0.483 e. The lowest BCUT2D eigenvalue weighted by Gasteiger charge is -2.14. The summed E-state index contributed by atoms with van der Waals surface area (Å²) in [4.78, 5) is 11.9. The molecule has 0 spiro atoms. The minimum atomic E-state index is -4.86. The zero-order chi connectivity index (χ0) is 17.7. The topological polar surface area (TPSA) is 47.6 Å². The van der Waals surface area contributed by atoms with E-state index < -0.39 is 24.6 Å². The van der Waals surface area contributed by atoms with Crippen molar-refractivity contribution in [3.63, 3.8) is 0 Å². The van der Waals surface area contributed by atoms with Gasteiger partial charge < -0.3 is 14.8 Å². The van der Waals surface area contributed by atoms with Crippen LogP contribution in [0.15, 0.2) is 46.9 Å². The van der Waals surface area contributed by atoms with Gasteiger partial charge in [-0.2, -0.15) is 0 Å². The highest BCUT2D eigenvalue weighted by molar-refractivity contribution is 9.10. The van der Waals surface area contributed by atoms with Crippen molar-refractivity contribution in [2.24, 2.45) is 0 Å². The minimum Gasteiger partial charge on any atom is -0.483 e. The molecule has 2 rings (SSSR count). The van der Waals surface area contributed by atoms with Gasteiger partial charge in [0.2, 0.25) is 0 Å². The second-order valence-electron chi connectivity index (χ2n) is 4.46. The summed E-state index contributed by atoms with van der Waals surface area (Å²) < 4.78 is 46.7. The van der Waals surface area contributed by atoms with E-state index in [9.17, 15) is 18.0 Å². The SMILES string of the molecule is O=C(COc1ccc(Cl)cc1Br)Nc1ccccc1OC(F)(F)F. The Bertz CT molecular complexity index is 740. The maximum atomic E-state index is 12.3. The maximum Gasteiger partial charge on any atom is 0.573 e. The van der Waals surface area contributed by atoms with Crippen LogP contribution in [0.2, 0.25) is 5.02 Å². The lowest BCUT2D eigenvalue weighted by molar-refractivity contribution is -0.274. The monoisotopic (exact) mass is 423 g/mol. The van der Waals surface area contributed by atoms with Gasteiger partial charge in [-0.3, -0.25) is 4.79 Å². The Kier molecular flexibility index (Phi) is 5.95. The normalized spacial score (nSPS) is 11.0. The van der Waals surface area contributed by atoms with Gasteiger partial charge in [-0.15, -0.1) is 13.2 Å². The van der Waals surface area contributed by atoms with Gasteiger partial charge >= 0.3 is 6.36 Å². The van der Waals surface area contributed by atoms with Crippen LogP contribution in [-0.4, -0.2) is 18.9 Å². The highest BCUT2D eigenvalue weighted by atomic mass is 79.9. The third kappa shape index (κ3) is 5.61. The highest BCUT2D eigenvalue weighted by Gasteiger charge is 2.32. The first kappa shape index (κ1) is 18.4. The van der Waals surface area contributed by atoms with Crippen LogP contribution in [0, 0.1) is 0 Å². The molecule has 0 heterocycles. The van der Waals surface area contributed by atoms with Crippen LogP contribution in [0.3, 0.4) is 0 Å². The summed E-state index contributed by atoms with van der Waals surface area (Å²) in [7, 11) is 0. The molecule has 0 atom stereocenters. The fourth-order valence-electron chi connectivity index (χ4n) is 1.71. The van der Waals surface area contributed by atoms with E-state index in [0.29, 0.717) is 15.2 Å². The standard InChI is InChI=1S/C15H10BrClF3NO3/c16-10-7-9(17)5-6-12(10)23-8-14(22)21-11-3-1-2-4-13(11)24-15(18,19)20/h1-7H,8H2,(H,21,22). The maximum absolute atomic E-state index is 12.3. The molecule has 0 aromatic heterocycles. The van der Waals surface area contributed by atoms with Crippen LogP contribution in [0.5, 0.6) is 11.5 Å². The second kappa shape index (κ2) is 7.76. The summed E-state index contributed by atoms with van der Waals surface area (Å²) in [6, 6.07) is 9.93. The molecule has 0 unspecified atom stereocenters. The average molecular weight is 425 g/mol. The number of hydrogen-bond donors (Lipinski definition) is 1. The molecule has 0 bridgehead atoms. The van der Waals surface area contributed by atoms with Gasteiger partial charge in [-0.05, 0) is 46.3 Å². The van der Waals surface area contributed by atoms with Gasteiger partial charge in [-0.1, -0.05) is 23.7 Å². The summed E-state index contributed by atoms with van der Waals surface area (Å²) in [6.45, 7) is -0.402. The molecule has 0 aliphatic heterocycles. The van der Waals surface area contributed by atoms with Gasteiger partial charge in [0.15, 0.2) is 12.4 Å². The Labute approximate surface area is 148 Å². The summed E-state index contributed by atoms with van der Waals surface area (Å²) in [5, 5.41) is 2.79. The number of carbonyl (C=O) groups is 1. The van der Waals surface area contributed by atoms with E-state index in [2.05, 4.69) is 26.0 Å². The number of para-hydroxylation sites is 2. The van der Waals surface area contributed by atoms with Crippen molar-refractivity contribution < 1.29 is 27.4 Å². The van der Waals surface area contributed by atoms with E-state index in [1.165, 1.54) is 18.2 Å². The predicted octanol–water partition coefficient (Wildman–Crippen LogP) is 5.02. The van der Waals surface area contributed by atoms with Gasteiger partial charge in [-0.25, -0.2) is 0 Å². The number of carbonyl (C=O) groups excluding carboxylic acids is 1. The number of benzene rings is 2. The molecule has 0 aliphatic carbocycles. The van der Waals surface area contributed by atoms with E-state index in [1.807, 2.05) is 0 Å². The van der Waals surface area contributed by atoms with Crippen molar-refractivity contribution >= 4 is 39.1 Å². The van der Waals surface area contributed by atoms with Gasteiger partial charge in [0, 0.05) is 5.02 Å². The first-order valence-corrected chi connectivity index (χ1v) is 7.64. The molecule has 0 radical (unpaired) electrons. The van der Waals surface area contributed by atoms with E-state index in [4.69, 9.17) is 16.3 Å². The molecular formula is C15H10BrClF3NO3. The average Bonchev–Trinajstić information content (AvgIpc) is 2.47. The molecule has 24 heavy (non-hydrogen) atoms. The number of rotatable bonds is 5. The Morgan fingerprint density at radius 2 is 1.88 bits per heavy atom. The summed E-state index contributed by atoms with van der Waals surface area (Å²) in [5.41, 5.74) is -0.112. The number of nitrogens with one attached hydrogen (secondary N) is 1. The minimum absolute atomic E-state index is 0.112. The molecule has 9 heteroatoms. The zero-order valence-corrected chi connectivity index (χ0v) is 14.2. The number of amides is 1. The van der Waals surface area contributed by atoms with Crippen molar-refractivity contribution in [2.45, 2.75) is 6.36 Å². The van der Waals surface area contributed by atoms with Gasteiger partial charge in [0.1, 0.15) is 5.75 Å². The van der Waals surface area contributed by atoms with Crippen LogP contribution in [0.4, 0.5) is 18.9 Å². The summed E-state index contributed by atoms with van der Waals surface area (Å²) in [5.74, 6) is -0.782. The van der Waals surface area contributed by atoms with Crippen LogP contribution in [0.25, 0.3) is 0 Å². The molecule has 2 aromatic carbocycles. The Balaban J connectivity index is 2.00. The third-order valence-corrected chi connectivity index (χ3v) is 3.49. The van der Waals surface area contributed by atoms with Crippen LogP contribution >= 0.6 is 27.5 Å². The van der Waals surface area contributed by atoms with Crippen LogP contribution in [0.1, 0.15) is 0 Å². The lowest BCUT2D eigenvalue weighted by atomic mass is 10.3. The van der Waals surface area contributed by atoms with E-state index in [1.54, 1.807) is 18.2 Å². The zero-order valence-electron chi connectivity index (χ0n) is 11.9. The van der Waals surface area contributed by atoms with Crippen LogP contribution in [-0.2, 0) is 4.79 Å². The molecule has 0 fully saturated rings. The number of halogens is 5. The lowest BCUT2D eigenvalue weighted by Crippen LogP contribution is -2.22. The number of hydrogen-bond acceptors (Lipinski definition) is 3. The molecule has 0 aliphatic rings. The van der Waals surface area contributed by atoms with Crippen molar-refractivity contribution in [3.8, 4) is 11.5 Å². The van der Waals surface area contributed by atoms with E-state index in [-0.39, 0.29) is 5.69 Å². The molecule has 1 N–H and O–H groups in total. The highest BCUT2D eigenvalue weighted by Crippen LogP contribution is 2.30. The van der Waals surface area contributed by atoms with Gasteiger partial charge in [0.25, 0.3) is 5.91 Å². The molecule has 0 saturated carbocycles. The molecule has 128 valence electrons. The molecular weight excluding hydrogens is 415 g/mol. The molecule has 1 amide bonds. The number of alkyl halides is 3. The first-order valence-electron chi connectivity index (χ1n) is 6.47. The number of anilines is 1. The molecule has 4 nitrogen and oxygen atoms in total. The fourth-order valence-corrected chi connectivity index (χ4v) is 2.50. The Hall–Kier alpha value is -1.93. The van der Waals surface area contributed by atoms with Crippen molar-refractivity contribution in [3.05, 3.63) is 52.0 Å². The second-order valence-corrected chi connectivity index (χ2v) is 5.75. The summed E-state index contributed by atoms with van der Waals surface area (Å²) in [6.07, 6.45) is -4.86. The molecule has 2 aromatic rings. The van der Waals surface area contributed by atoms with E-state index in [0.717, 1.165) is 6.07 Å². The van der Waals surface area contributed by atoms with Crippen LogP contribution < -0.4 is 14.8 Å². The molecule has 0 saturated heterocycles. The van der Waals surface area contributed by atoms with Crippen molar-refractivity contribution in [1.82, 2.24) is 0 Å². The third-order valence-electron chi connectivity index (χ3n) is 2.64.